The number of thiazole rings is 1. The first-order valence-electron chi connectivity index (χ1n) is 10.1. The van der Waals surface area contributed by atoms with Crippen LogP contribution in [0.5, 0.6) is 5.75 Å². The molecule has 0 saturated heterocycles. The zero-order valence-electron chi connectivity index (χ0n) is 16.8. The molecule has 4 heterocycles. The number of carbonyl (C=O) groups is 1. The molecule has 31 heavy (non-hydrogen) atoms. The Bertz CT molecular complexity index is 1440. The van der Waals surface area contributed by atoms with Gasteiger partial charge in [0.15, 0.2) is 5.13 Å². The van der Waals surface area contributed by atoms with Gasteiger partial charge in [-0.25, -0.2) is 9.97 Å². The minimum absolute atomic E-state index is 0.0314. The van der Waals surface area contributed by atoms with Crippen LogP contribution in [0.25, 0.3) is 22.2 Å². The number of ether oxygens (including phenoxy) is 1. The van der Waals surface area contributed by atoms with Crippen molar-refractivity contribution < 1.29 is 9.53 Å². The third-order valence-electron chi connectivity index (χ3n) is 5.84. The maximum atomic E-state index is 13.2. The first-order chi connectivity index (χ1) is 15.1. The molecule has 0 saturated carbocycles. The number of hydrogen-bond acceptors (Lipinski definition) is 6. The quantitative estimate of drug-likeness (QED) is 0.485. The molecule has 0 fully saturated rings. The fourth-order valence-electron chi connectivity index (χ4n) is 4.22. The molecule has 0 N–H and O–H groups in total. The molecule has 0 radical (unpaired) electrons. The van der Waals surface area contributed by atoms with Crippen molar-refractivity contribution in [2.24, 2.45) is 0 Å². The van der Waals surface area contributed by atoms with Crippen molar-refractivity contribution in [2.75, 3.05) is 11.9 Å². The number of para-hydroxylation sites is 1. The largest absolute Gasteiger partial charge is 0.487 e. The van der Waals surface area contributed by atoms with E-state index in [2.05, 4.69) is 4.98 Å². The highest BCUT2D eigenvalue weighted by Crippen LogP contribution is 2.41. The molecule has 0 spiro atoms. The Morgan fingerprint density at radius 2 is 2.06 bits per heavy atom. The highest BCUT2D eigenvalue weighted by molar-refractivity contribution is 7.16. The van der Waals surface area contributed by atoms with E-state index in [4.69, 9.17) is 9.72 Å². The van der Waals surface area contributed by atoms with Crippen LogP contribution in [0.3, 0.4) is 0 Å². The third kappa shape index (κ3) is 2.79. The molecule has 0 aliphatic carbocycles. The molecule has 4 aromatic rings. The third-order valence-corrected chi connectivity index (χ3v) is 6.95. The van der Waals surface area contributed by atoms with Crippen molar-refractivity contribution in [2.45, 2.75) is 26.0 Å². The Morgan fingerprint density at radius 3 is 2.97 bits per heavy atom. The molecule has 2 aliphatic rings. The van der Waals surface area contributed by atoms with E-state index in [1.165, 1.54) is 11.3 Å². The second-order valence-electron chi connectivity index (χ2n) is 7.74. The van der Waals surface area contributed by atoms with Gasteiger partial charge in [0, 0.05) is 31.1 Å². The van der Waals surface area contributed by atoms with E-state index < -0.39 is 0 Å². The highest BCUT2D eigenvalue weighted by Gasteiger charge is 2.25. The summed E-state index contributed by atoms with van der Waals surface area (Å²) in [6, 6.07) is 12.9. The summed E-state index contributed by atoms with van der Waals surface area (Å²) in [5.74, 6) is 1.41. The maximum absolute atomic E-state index is 13.2. The van der Waals surface area contributed by atoms with Crippen molar-refractivity contribution >= 4 is 33.3 Å². The van der Waals surface area contributed by atoms with Crippen molar-refractivity contribution in [1.82, 2.24) is 14.5 Å². The Balaban J connectivity index is 1.36. The molecule has 2 aliphatic heterocycles. The van der Waals surface area contributed by atoms with Gasteiger partial charge in [-0.05, 0) is 36.8 Å². The van der Waals surface area contributed by atoms with Crippen LogP contribution in [0.4, 0.5) is 5.13 Å². The van der Waals surface area contributed by atoms with Crippen LogP contribution in [0.15, 0.2) is 47.3 Å². The number of fused-ring (bicyclic) bond motifs is 5. The van der Waals surface area contributed by atoms with E-state index >= 15 is 0 Å². The van der Waals surface area contributed by atoms with Crippen molar-refractivity contribution in [1.29, 1.82) is 0 Å². The van der Waals surface area contributed by atoms with E-state index in [9.17, 15) is 9.59 Å². The van der Waals surface area contributed by atoms with Gasteiger partial charge < -0.3 is 4.74 Å². The first kappa shape index (κ1) is 18.3. The van der Waals surface area contributed by atoms with Crippen LogP contribution in [0.2, 0.25) is 0 Å². The minimum Gasteiger partial charge on any atom is -0.487 e. The number of rotatable bonds is 2. The number of amides is 1. The molecule has 2 aromatic carbocycles. The van der Waals surface area contributed by atoms with Crippen LogP contribution in [-0.4, -0.2) is 27.5 Å². The summed E-state index contributed by atoms with van der Waals surface area (Å²) in [5, 5.41) is 1.15. The summed E-state index contributed by atoms with van der Waals surface area (Å²) < 4.78 is 7.54. The predicted molar refractivity (Wildman–Crippen MR) is 119 cm³/mol. The fraction of sp³-hybridized carbons (Fsp3) is 0.217. The number of anilines is 1. The molecular weight excluding hydrogens is 412 g/mol. The molecule has 0 atom stereocenters. The number of carbonyl (C=O) groups excluding carboxylic acids is 1. The Kier molecular flexibility index (Phi) is 3.97. The summed E-state index contributed by atoms with van der Waals surface area (Å²) in [6.07, 6.45) is 1.71. The summed E-state index contributed by atoms with van der Waals surface area (Å²) in [6.45, 7) is 1.16. The second-order valence-corrected chi connectivity index (χ2v) is 8.80. The van der Waals surface area contributed by atoms with Crippen LogP contribution >= 0.6 is 11.3 Å². The summed E-state index contributed by atoms with van der Waals surface area (Å²) >= 11 is 1.45. The van der Waals surface area contributed by atoms with Gasteiger partial charge in [-0.1, -0.05) is 23.5 Å². The number of aromatic nitrogens is 3. The van der Waals surface area contributed by atoms with E-state index in [-0.39, 0.29) is 11.5 Å². The van der Waals surface area contributed by atoms with E-state index in [0.29, 0.717) is 34.7 Å². The first-order valence-corrected chi connectivity index (χ1v) is 11.0. The van der Waals surface area contributed by atoms with Crippen LogP contribution in [0, 0.1) is 0 Å². The lowest BCUT2D eigenvalue weighted by Gasteiger charge is -2.15. The number of aryl methyl sites for hydroxylation is 1. The fourth-order valence-corrected chi connectivity index (χ4v) is 5.17. The molecule has 2 aromatic heterocycles. The standard InChI is InChI=1S/C23H18N4O3S/c1-26(23-25-20-15-5-2-3-6-17(15)30-12-18(20)31-23)21(28)13-8-9-14-16(11-13)24-19-7-4-10-27(19)22(14)29/h2-3,5-6,8-9,11H,4,7,10,12H2,1H3. The van der Waals surface area contributed by atoms with Crippen LogP contribution in [-0.2, 0) is 19.6 Å². The van der Waals surface area contributed by atoms with E-state index in [0.717, 1.165) is 40.6 Å². The zero-order valence-corrected chi connectivity index (χ0v) is 17.6. The van der Waals surface area contributed by atoms with Crippen molar-refractivity contribution in [3.63, 3.8) is 0 Å². The average Bonchev–Trinajstić information content (AvgIpc) is 3.45. The zero-order chi connectivity index (χ0) is 21.1. The van der Waals surface area contributed by atoms with Gasteiger partial charge in [0.25, 0.3) is 11.5 Å². The predicted octanol–water partition coefficient (Wildman–Crippen LogP) is 3.64. The lowest BCUT2D eigenvalue weighted by molar-refractivity contribution is 0.0993. The highest BCUT2D eigenvalue weighted by atomic mass is 32.1. The van der Waals surface area contributed by atoms with Gasteiger partial charge in [-0.2, -0.15) is 0 Å². The van der Waals surface area contributed by atoms with Crippen LogP contribution < -0.4 is 15.2 Å². The molecule has 154 valence electrons. The Hall–Kier alpha value is -3.52. The molecule has 6 rings (SSSR count). The van der Waals surface area contributed by atoms with E-state index in [1.54, 1.807) is 34.7 Å². The molecular formula is C23H18N4O3S. The van der Waals surface area contributed by atoms with Gasteiger partial charge >= 0.3 is 0 Å². The van der Waals surface area contributed by atoms with Gasteiger partial charge in [0.1, 0.15) is 18.2 Å². The van der Waals surface area contributed by atoms with Gasteiger partial charge in [-0.15, -0.1) is 0 Å². The lowest BCUT2D eigenvalue weighted by Crippen LogP contribution is -2.26. The molecule has 8 heteroatoms. The van der Waals surface area contributed by atoms with Gasteiger partial charge in [0.05, 0.1) is 21.5 Å². The summed E-state index contributed by atoms with van der Waals surface area (Å²) in [4.78, 5) is 37.8. The SMILES string of the molecule is CN(C(=O)c1ccc2c(=O)n3c(nc2c1)CCC3)c1nc2c(s1)COc1ccccc1-2. The monoisotopic (exact) mass is 430 g/mol. The number of hydrogen-bond donors (Lipinski definition) is 0. The van der Waals surface area contributed by atoms with Crippen molar-refractivity contribution in [3.05, 3.63) is 69.1 Å². The van der Waals surface area contributed by atoms with Gasteiger partial charge in [0.2, 0.25) is 0 Å². The normalized spacial score (nSPS) is 14.0. The summed E-state index contributed by atoms with van der Waals surface area (Å²) in [7, 11) is 1.72. The maximum Gasteiger partial charge on any atom is 0.261 e. The number of benzene rings is 2. The molecule has 0 bridgehead atoms. The Labute approximate surface area is 181 Å². The van der Waals surface area contributed by atoms with Gasteiger partial charge in [-0.3, -0.25) is 19.1 Å². The second kappa shape index (κ2) is 6.75. The smallest absolute Gasteiger partial charge is 0.261 e. The van der Waals surface area contributed by atoms with E-state index in [1.807, 2.05) is 24.3 Å². The Morgan fingerprint density at radius 1 is 1.19 bits per heavy atom. The number of nitrogens with zero attached hydrogens (tertiary/aromatic N) is 4. The molecule has 7 nitrogen and oxygen atoms in total. The minimum atomic E-state index is -0.190. The topological polar surface area (TPSA) is 77.3 Å². The average molecular weight is 430 g/mol. The lowest BCUT2D eigenvalue weighted by atomic mass is 10.1. The van der Waals surface area contributed by atoms with Crippen LogP contribution in [0.1, 0.15) is 27.5 Å². The molecule has 0 unspecified atom stereocenters. The molecule has 1 amide bonds. The van der Waals surface area contributed by atoms with Crippen molar-refractivity contribution in [3.8, 4) is 17.0 Å². The summed E-state index contributed by atoms with van der Waals surface area (Å²) in [5.41, 5.74) is 2.82.